The smallest absolute Gasteiger partial charge is 0.125 e. The lowest BCUT2D eigenvalue weighted by Crippen LogP contribution is -2.02. The molecule has 0 fully saturated rings. The molecule has 0 spiro atoms. The van der Waals surface area contributed by atoms with E-state index in [0.717, 1.165) is 34.4 Å². The average molecular weight is 547 g/mol. The zero-order chi connectivity index (χ0) is 27.5. The van der Waals surface area contributed by atoms with Crippen molar-refractivity contribution in [2.24, 2.45) is 0 Å². The molecule has 0 aliphatic carbocycles. The average Bonchev–Trinajstić information content (AvgIpc) is 2.87. The largest absolute Gasteiger partial charge is 0.744 e. The molecule has 10 heteroatoms. The van der Waals surface area contributed by atoms with Gasteiger partial charge in [0.1, 0.15) is 20.2 Å². The molecular weight excluding hydrogens is 524 g/mol. The summed E-state index contributed by atoms with van der Waals surface area (Å²) >= 11 is 0. The van der Waals surface area contributed by atoms with E-state index in [4.69, 9.17) is 11.5 Å². The van der Waals surface area contributed by atoms with Crippen molar-refractivity contribution in [3.05, 3.63) is 107 Å². The summed E-state index contributed by atoms with van der Waals surface area (Å²) in [6.07, 6.45) is 6.49. The molecule has 0 heterocycles. The van der Waals surface area contributed by atoms with Crippen molar-refractivity contribution in [1.82, 2.24) is 0 Å². The molecule has 0 atom stereocenters. The van der Waals surface area contributed by atoms with E-state index in [2.05, 4.69) is 0 Å². The summed E-state index contributed by atoms with van der Waals surface area (Å²) in [4.78, 5) is -0.747. The van der Waals surface area contributed by atoms with Crippen LogP contribution in [0.15, 0.2) is 94.7 Å². The van der Waals surface area contributed by atoms with Gasteiger partial charge < -0.3 is 20.6 Å². The molecule has 0 saturated heterocycles. The van der Waals surface area contributed by atoms with E-state index in [-0.39, 0.29) is 32.3 Å². The predicted octanol–water partition coefficient (Wildman–Crippen LogP) is 4.67. The highest BCUT2D eigenvalue weighted by Gasteiger charge is 2.08. The van der Waals surface area contributed by atoms with Gasteiger partial charge in [0.25, 0.3) is 0 Å². The maximum absolute atomic E-state index is 11.5. The Morgan fingerprint density at radius 2 is 0.842 bits per heavy atom. The molecule has 0 aliphatic rings. The Morgan fingerprint density at radius 3 is 1.16 bits per heavy atom. The van der Waals surface area contributed by atoms with Crippen molar-refractivity contribution in [2.75, 3.05) is 11.5 Å². The highest BCUT2D eigenvalue weighted by molar-refractivity contribution is 7.86. The normalized spacial score (nSPS) is 12.4. The first-order valence-corrected chi connectivity index (χ1v) is 14.0. The number of benzene rings is 4. The number of nitrogen functional groups attached to an aromatic ring is 2. The molecule has 0 unspecified atom stereocenters. The number of hydrogen-bond donors (Lipinski definition) is 2. The first kappa shape index (κ1) is 26.8. The van der Waals surface area contributed by atoms with Crippen LogP contribution in [-0.4, -0.2) is 25.9 Å². The molecule has 0 aromatic heterocycles. The Balaban J connectivity index is 1.50. The van der Waals surface area contributed by atoms with Crippen molar-refractivity contribution in [3.63, 3.8) is 0 Å². The van der Waals surface area contributed by atoms with Crippen LogP contribution in [0.1, 0.15) is 22.3 Å². The maximum Gasteiger partial charge on any atom is 0.125 e. The van der Waals surface area contributed by atoms with Crippen molar-refractivity contribution < 1.29 is 25.9 Å². The molecule has 4 N–H and O–H groups in total. The van der Waals surface area contributed by atoms with Crippen LogP contribution in [-0.2, 0) is 20.2 Å². The molecule has 0 radical (unpaired) electrons. The van der Waals surface area contributed by atoms with Gasteiger partial charge in [0.15, 0.2) is 0 Å². The molecule has 38 heavy (non-hydrogen) atoms. The second kappa shape index (κ2) is 10.6. The van der Waals surface area contributed by atoms with E-state index in [1.54, 1.807) is 24.3 Å². The van der Waals surface area contributed by atoms with Crippen LogP contribution in [0.2, 0.25) is 0 Å². The van der Waals surface area contributed by atoms with Gasteiger partial charge in [-0.2, -0.15) is 0 Å². The lowest BCUT2D eigenvalue weighted by Gasteiger charge is -2.11. The van der Waals surface area contributed by atoms with Crippen molar-refractivity contribution >= 4 is 55.9 Å². The van der Waals surface area contributed by atoms with Gasteiger partial charge in [-0.15, -0.1) is 0 Å². The standard InChI is InChI=1S/C28H24N2O6S2/c29-25-15-13-23(27(17-25)37(31,32)33)11-5-19-1-7-21(8-2-19)22-9-3-20(4-10-22)6-12-24-14-16-26(30)18-28(24)38(34,35)36/h1-18H,29-30H2,(H,31,32,33)(H,34,35,36)/p-2. The maximum atomic E-state index is 11.5. The van der Waals surface area contributed by atoms with E-state index >= 15 is 0 Å². The van der Waals surface area contributed by atoms with Gasteiger partial charge in [0, 0.05) is 11.4 Å². The third-order valence-corrected chi connectivity index (χ3v) is 7.46. The molecule has 8 nitrogen and oxygen atoms in total. The number of anilines is 2. The van der Waals surface area contributed by atoms with E-state index in [9.17, 15) is 25.9 Å². The van der Waals surface area contributed by atoms with Crippen LogP contribution in [0.25, 0.3) is 35.4 Å². The Labute approximate surface area is 221 Å². The second-order valence-electron chi connectivity index (χ2n) is 8.41. The van der Waals surface area contributed by atoms with Gasteiger partial charge in [-0.1, -0.05) is 85.0 Å². The molecule has 0 aliphatic heterocycles. The second-order valence-corrected chi connectivity index (χ2v) is 11.1. The van der Waals surface area contributed by atoms with Gasteiger partial charge in [-0.25, -0.2) is 16.8 Å². The summed E-state index contributed by atoms with van der Waals surface area (Å²) < 4.78 is 69.2. The highest BCUT2D eigenvalue weighted by atomic mass is 32.2. The summed E-state index contributed by atoms with van der Waals surface area (Å²) in [5.41, 5.74) is 15.6. The summed E-state index contributed by atoms with van der Waals surface area (Å²) in [7, 11) is -9.34. The van der Waals surface area contributed by atoms with Gasteiger partial charge in [-0.3, -0.25) is 0 Å². The quantitative estimate of drug-likeness (QED) is 0.192. The third kappa shape index (κ3) is 6.55. The summed E-state index contributed by atoms with van der Waals surface area (Å²) in [5.74, 6) is 0. The molecule has 4 rings (SSSR count). The molecular formula is C28H22N2O6S2-2. The van der Waals surface area contributed by atoms with Crippen LogP contribution in [0.5, 0.6) is 0 Å². The molecule has 4 aromatic rings. The van der Waals surface area contributed by atoms with E-state index in [1.807, 2.05) is 48.5 Å². The first-order chi connectivity index (χ1) is 17.9. The van der Waals surface area contributed by atoms with E-state index < -0.39 is 20.2 Å². The zero-order valence-electron chi connectivity index (χ0n) is 19.8. The number of rotatable bonds is 7. The van der Waals surface area contributed by atoms with Crippen molar-refractivity contribution in [1.29, 1.82) is 0 Å². The van der Waals surface area contributed by atoms with Crippen LogP contribution in [0.4, 0.5) is 11.4 Å². The fourth-order valence-corrected chi connectivity index (χ4v) is 5.17. The van der Waals surface area contributed by atoms with E-state index in [0.29, 0.717) is 0 Å². The lowest BCUT2D eigenvalue weighted by molar-refractivity contribution is 0.460. The van der Waals surface area contributed by atoms with Crippen molar-refractivity contribution in [2.45, 2.75) is 9.79 Å². The van der Waals surface area contributed by atoms with E-state index in [1.165, 1.54) is 24.3 Å². The minimum atomic E-state index is -4.67. The Bertz CT molecular complexity index is 1630. The summed E-state index contributed by atoms with van der Waals surface area (Å²) in [6.45, 7) is 0. The Morgan fingerprint density at radius 1 is 0.500 bits per heavy atom. The minimum Gasteiger partial charge on any atom is -0.744 e. The SMILES string of the molecule is Nc1ccc(C=Cc2ccc(-c3ccc(C=Cc4ccc(N)cc4S(=O)(=O)[O-])cc3)cc2)c(S(=O)(=O)[O-])c1. The molecule has 0 saturated carbocycles. The van der Waals surface area contributed by atoms with Gasteiger partial charge in [0.05, 0.1) is 9.79 Å². The monoisotopic (exact) mass is 546 g/mol. The first-order valence-electron chi connectivity index (χ1n) is 11.2. The summed E-state index contributed by atoms with van der Waals surface area (Å²) in [5, 5.41) is 0. The molecule has 194 valence electrons. The third-order valence-electron chi connectivity index (χ3n) is 5.68. The minimum absolute atomic E-state index is 0.188. The number of hydrogen-bond acceptors (Lipinski definition) is 8. The molecule has 0 amide bonds. The van der Waals surface area contributed by atoms with Crippen LogP contribution in [0.3, 0.4) is 0 Å². The topological polar surface area (TPSA) is 166 Å². The van der Waals surface area contributed by atoms with Gasteiger partial charge in [0.2, 0.25) is 0 Å². The molecule has 0 bridgehead atoms. The Kier molecular flexibility index (Phi) is 7.51. The lowest BCUT2D eigenvalue weighted by atomic mass is 10.0. The summed E-state index contributed by atoms with van der Waals surface area (Å²) in [6, 6.07) is 23.3. The predicted molar refractivity (Wildman–Crippen MR) is 147 cm³/mol. The van der Waals surface area contributed by atoms with Crippen LogP contribution >= 0.6 is 0 Å². The van der Waals surface area contributed by atoms with Crippen LogP contribution < -0.4 is 11.5 Å². The number of nitrogens with two attached hydrogens (primary N) is 2. The Hall–Kier alpha value is -4.22. The fourth-order valence-electron chi connectivity index (χ4n) is 3.76. The highest BCUT2D eigenvalue weighted by Crippen LogP contribution is 2.25. The van der Waals surface area contributed by atoms with Gasteiger partial charge >= 0.3 is 0 Å². The van der Waals surface area contributed by atoms with Crippen LogP contribution in [0, 0.1) is 0 Å². The zero-order valence-corrected chi connectivity index (χ0v) is 21.4. The fraction of sp³-hybridized carbons (Fsp3) is 0. The van der Waals surface area contributed by atoms with Gasteiger partial charge in [-0.05, 0) is 57.6 Å². The molecule has 4 aromatic carbocycles. The van der Waals surface area contributed by atoms with Crippen molar-refractivity contribution in [3.8, 4) is 11.1 Å².